The van der Waals surface area contributed by atoms with Gasteiger partial charge in [0.2, 0.25) is 5.91 Å². The van der Waals surface area contributed by atoms with Gasteiger partial charge in [-0.05, 0) is 63.4 Å². The average Bonchev–Trinajstić information content (AvgIpc) is 2.81. The van der Waals surface area contributed by atoms with E-state index in [-0.39, 0.29) is 11.6 Å². The summed E-state index contributed by atoms with van der Waals surface area (Å²) >= 11 is 0. The van der Waals surface area contributed by atoms with Crippen LogP contribution in [0, 0.1) is 0 Å². The van der Waals surface area contributed by atoms with Crippen LogP contribution < -0.4 is 10.6 Å². The van der Waals surface area contributed by atoms with Crippen LogP contribution in [0.4, 0.5) is 0 Å². The number of benzene rings is 2. The van der Waals surface area contributed by atoms with Crippen molar-refractivity contribution in [3.05, 3.63) is 96.3 Å². The van der Waals surface area contributed by atoms with Crippen molar-refractivity contribution < 1.29 is 19.0 Å². The summed E-state index contributed by atoms with van der Waals surface area (Å²) < 4.78 is 20.4. The molecule has 1 amide bonds. The normalized spacial score (nSPS) is 15.3. The summed E-state index contributed by atoms with van der Waals surface area (Å²) in [5.74, 6) is -1.88. The third-order valence-corrected chi connectivity index (χ3v) is 7.50. The molecule has 3 atom stereocenters. The van der Waals surface area contributed by atoms with Crippen LogP contribution in [-0.4, -0.2) is 27.6 Å². The lowest BCUT2D eigenvalue weighted by atomic mass is 10.0. The Labute approximate surface area is 195 Å². The molecular formula is C26H31N2O4P. The Morgan fingerprint density at radius 2 is 1.61 bits per heavy atom. The lowest BCUT2D eigenvalue weighted by Gasteiger charge is -2.30. The molecule has 3 unspecified atom stereocenters. The molecule has 33 heavy (non-hydrogen) atoms. The number of carbonyl (C=O) groups excluding carboxylic acids is 1. The molecule has 2 N–H and O–H groups in total. The highest BCUT2D eigenvalue weighted by molar-refractivity contribution is 7.67. The van der Waals surface area contributed by atoms with Crippen LogP contribution in [0.3, 0.4) is 0 Å². The monoisotopic (exact) mass is 466 g/mol. The SMILES string of the molecule is CC(C)(C)NC(=O)C(CCc1ccccc1)OP(=O)(c1ccccc1)C(O)c1ccccn1. The Morgan fingerprint density at radius 1 is 1.00 bits per heavy atom. The first-order valence-corrected chi connectivity index (χ1v) is 12.7. The van der Waals surface area contributed by atoms with Gasteiger partial charge in [0.25, 0.3) is 7.37 Å². The third-order valence-electron chi connectivity index (χ3n) is 5.00. The first kappa shape index (κ1) is 24.8. The molecular weight excluding hydrogens is 435 g/mol. The van der Waals surface area contributed by atoms with Crippen LogP contribution in [0.25, 0.3) is 0 Å². The Bertz CT molecular complexity index is 1070. The van der Waals surface area contributed by atoms with Crippen molar-refractivity contribution in [2.24, 2.45) is 0 Å². The molecule has 3 aromatic rings. The van der Waals surface area contributed by atoms with Crippen molar-refractivity contribution in [2.45, 2.75) is 51.1 Å². The molecule has 0 aliphatic carbocycles. The van der Waals surface area contributed by atoms with Gasteiger partial charge in [-0.25, -0.2) is 0 Å². The number of aryl methyl sites for hydroxylation is 1. The smallest absolute Gasteiger partial charge is 0.266 e. The second-order valence-electron chi connectivity index (χ2n) is 8.92. The number of aliphatic hydroxyl groups is 1. The summed E-state index contributed by atoms with van der Waals surface area (Å²) in [6, 6.07) is 23.3. The number of aromatic nitrogens is 1. The van der Waals surface area contributed by atoms with E-state index >= 15 is 0 Å². The number of pyridine rings is 1. The highest BCUT2D eigenvalue weighted by Crippen LogP contribution is 2.58. The molecule has 1 heterocycles. The molecule has 0 spiro atoms. The van der Waals surface area contributed by atoms with Crippen LogP contribution in [0.1, 0.15) is 44.3 Å². The second-order valence-corrected chi connectivity index (χ2v) is 11.3. The third kappa shape index (κ3) is 6.84. The van der Waals surface area contributed by atoms with Gasteiger partial charge < -0.3 is 14.9 Å². The van der Waals surface area contributed by atoms with E-state index in [4.69, 9.17) is 4.52 Å². The summed E-state index contributed by atoms with van der Waals surface area (Å²) in [4.78, 5) is 17.4. The number of hydrogen-bond donors (Lipinski definition) is 2. The summed E-state index contributed by atoms with van der Waals surface area (Å²) in [5, 5.41) is 14.4. The van der Waals surface area contributed by atoms with Crippen LogP contribution >= 0.6 is 7.37 Å². The van der Waals surface area contributed by atoms with E-state index < -0.39 is 24.9 Å². The van der Waals surface area contributed by atoms with Crippen molar-refractivity contribution in [2.75, 3.05) is 0 Å². The van der Waals surface area contributed by atoms with Gasteiger partial charge in [-0.1, -0.05) is 54.6 Å². The minimum absolute atomic E-state index is 0.225. The molecule has 2 aromatic carbocycles. The fraction of sp³-hybridized carbons (Fsp3) is 0.308. The van der Waals surface area contributed by atoms with Gasteiger partial charge in [0, 0.05) is 17.0 Å². The van der Waals surface area contributed by atoms with E-state index in [2.05, 4.69) is 10.3 Å². The first-order chi connectivity index (χ1) is 15.7. The molecule has 0 saturated carbocycles. The van der Waals surface area contributed by atoms with Gasteiger partial charge >= 0.3 is 0 Å². The molecule has 1 aromatic heterocycles. The molecule has 0 saturated heterocycles. The molecule has 0 bridgehead atoms. The Kier molecular flexibility index (Phi) is 8.20. The fourth-order valence-electron chi connectivity index (χ4n) is 3.41. The Morgan fingerprint density at radius 3 is 2.18 bits per heavy atom. The summed E-state index contributed by atoms with van der Waals surface area (Å²) in [6.45, 7) is 5.62. The maximum Gasteiger partial charge on any atom is 0.266 e. The molecule has 7 heteroatoms. The minimum Gasteiger partial charge on any atom is -0.377 e. The van der Waals surface area contributed by atoms with Crippen molar-refractivity contribution >= 4 is 18.6 Å². The van der Waals surface area contributed by atoms with Gasteiger partial charge in [0.05, 0.1) is 5.69 Å². The van der Waals surface area contributed by atoms with E-state index in [1.165, 1.54) is 6.20 Å². The van der Waals surface area contributed by atoms with Crippen molar-refractivity contribution in [1.29, 1.82) is 0 Å². The van der Waals surface area contributed by atoms with Crippen molar-refractivity contribution in [3.8, 4) is 0 Å². The number of amides is 1. The second kappa shape index (κ2) is 10.9. The topological polar surface area (TPSA) is 88.5 Å². The maximum absolute atomic E-state index is 14.3. The Balaban J connectivity index is 1.96. The Hall–Kier alpha value is -2.79. The zero-order valence-electron chi connectivity index (χ0n) is 19.2. The van der Waals surface area contributed by atoms with E-state index in [0.717, 1.165) is 5.56 Å². The molecule has 0 aliphatic rings. The van der Waals surface area contributed by atoms with E-state index in [1.54, 1.807) is 48.5 Å². The van der Waals surface area contributed by atoms with Crippen LogP contribution in [0.5, 0.6) is 0 Å². The zero-order chi connectivity index (χ0) is 23.9. The minimum atomic E-state index is -3.95. The first-order valence-electron chi connectivity index (χ1n) is 11.0. The van der Waals surface area contributed by atoms with Gasteiger partial charge in [-0.2, -0.15) is 0 Å². The number of hydrogen-bond acceptors (Lipinski definition) is 5. The van der Waals surface area contributed by atoms with E-state index in [1.807, 2.05) is 51.1 Å². The van der Waals surface area contributed by atoms with Gasteiger partial charge in [0.1, 0.15) is 6.10 Å². The maximum atomic E-state index is 14.3. The van der Waals surface area contributed by atoms with Gasteiger partial charge in [-0.3, -0.25) is 14.3 Å². The van der Waals surface area contributed by atoms with Crippen molar-refractivity contribution in [3.63, 3.8) is 0 Å². The van der Waals surface area contributed by atoms with Crippen molar-refractivity contribution in [1.82, 2.24) is 10.3 Å². The molecule has 3 rings (SSSR count). The number of nitrogens with one attached hydrogen (secondary N) is 1. The predicted molar refractivity (Wildman–Crippen MR) is 130 cm³/mol. The lowest BCUT2D eigenvalue weighted by Crippen LogP contribution is -2.47. The lowest BCUT2D eigenvalue weighted by molar-refractivity contribution is -0.129. The van der Waals surface area contributed by atoms with Crippen LogP contribution in [0.15, 0.2) is 85.1 Å². The van der Waals surface area contributed by atoms with Crippen LogP contribution in [0.2, 0.25) is 0 Å². The number of carbonyl (C=O) groups is 1. The predicted octanol–water partition coefficient (Wildman–Crippen LogP) is 4.61. The summed E-state index contributed by atoms with van der Waals surface area (Å²) in [7, 11) is -3.95. The van der Waals surface area contributed by atoms with Gasteiger partial charge in [-0.15, -0.1) is 0 Å². The molecule has 0 radical (unpaired) electrons. The zero-order valence-corrected chi connectivity index (χ0v) is 20.1. The standard InChI is InChI=1S/C26H31N2O4P/c1-26(2,3)28-24(29)23(18-17-20-12-6-4-7-13-20)32-33(31,21-14-8-5-9-15-21)25(30)22-16-10-11-19-27-22/h4-16,19,23,25,30H,17-18H2,1-3H3,(H,28,29). The van der Waals surface area contributed by atoms with E-state index in [9.17, 15) is 14.5 Å². The van der Waals surface area contributed by atoms with E-state index in [0.29, 0.717) is 18.1 Å². The molecule has 6 nitrogen and oxygen atoms in total. The number of aliphatic hydroxyl groups excluding tert-OH is 1. The summed E-state index contributed by atoms with van der Waals surface area (Å²) in [5.41, 5.74) is 0.763. The molecule has 0 aliphatic heterocycles. The number of rotatable bonds is 9. The summed E-state index contributed by atoms with van der Waals surface area (Å²) in [6.07, 6.45) is 1.34. The molecule has 0 fully saturated rings. The number of nitrogens with zero attached hydrogens (tertiary/aromatic N) is 1. The molecule has 174 valence electrons. The van der Waals surface area contributed by atoms with Gasteiger partial charge in [0.15, 0.2) is 5.85 Å². The fourth-order valence-corrected chi connectivity index (χ4v) is 5.60. The van der Waals surface area contributed by atoms with Crippen LogP contribution in [-0.2, 0) is 20.3 Å². The average molecular weight is 467 g/mol. The quantitative estimate of drug-likeness (QED) is 0.450. The highest BCUT2D eigenvalue weighted by atomic mass is 31.2. The highest BCUT2D eigenvalue weighted by Gasteiger charge is 2.41. The largest absolute Gasteiger partial charge is 0.377 e.